The Morgan fingerprint density at radius 2 is 2.09 bits per heavy atom. The minimum atomic E-state index is -4.41. The van der Waals surface area contributed by atoms with E-state index in [1.54, 1.807) is 0 Å². The second-order valence-corrected chi connectivity index (χ2v) is 2.63. The third kappa shape index (κ3) is 1.64. The molecule has 0 radical (unpaired) electrons. The first-order valence-electron chi connectivity index (χ1n) is 3.17. The van der Waals surface area contributed by atoms with Crippen LogP contribution >= 0.6 is 0 Å². The van der Waals surface area contributed by atoms with Crippen molar-refractivity contribution in [3.63, 3.8) is 0 Å². The van der Waals surface area contributed by atoms with Gasteiger partial charge in [0, 0.05) is 5.92 Å². The molecule has 5 heteroatoms. The van der Waals surface area contributed by atoms with E-state index >= 15 is 0 Å². The van der Waals surface area contributed by atoms with Gasteiger partial charge in [-0.1, -0.05) is 6.92 Å². The molecule has 0 N–H and O–H groups in total. The minimum Gasteiger partial charge on any atom is -0.452 e. The number of cyclic esters (lactones) is 1. The maximum absolute atomic E-state index is 11.9. The highest BCUT2D eigenvalue weighted by Gasteiger charge is 2.50. The van der Waals surface area contributed by atoms with Crippen molar-refractivity contribution < 1.29 is 22.7 Å². The first-order chi connectivity index (χ1) is 4.91. The summed E-state index contributed by atoms with van der Waals surface area (Å²) in [6.45, 7) is 1.35. The second-order valence-electron chi connectivity index (χ2n) is 2.63. The number of alkyl halides is 3. The van der Waals surface area contributed by atoms with Crippen molar-refractivity contribution in [1.82, 2.24) is 0 Å². The Kier molecular flexibility index (Phi) is 1.82. The topological polar surface area (TPSA) is 26.3 Å². The molecule has 0 saturated carbocycles. The van der Waals surface area contributed by atoms with E-state index in [9.17, 15) is 18.0 Å². The van der Waals surface area contributed by atoms with Gasteiger partial charge < -0.3 is 4.74 Å². The van der Waals surface area contributed by atoms with Crippen molar-refractivity contribution in [2.75, 3.05) is 0 Å². The van der Waals surface area contributed by atoms with E-state index < -0.39 is 24.2 Å². The summed E-state index contributed by atoms with van der Waals surface area (Å²) in [6, 6.07) is 0. The first-order valence-corrected chi connectivity index (χ1v) is 3.17. The van der Waals surface area contributed by atoms with E-state index in [2.05, 4.69) is 4.74 Å². The Balaban J connectivity index is 2.67. The molecule has 1 heterocycles. The average molecular weight is 168 g/mol. The second kappa shape index (κ2) is 2.39. The van der Waals surface area contributed by atoms with Crippen LogP contribution in [0.3, 0.4) is 0 Å². The van der Waals surface area contributed by atoms with E-state index in [0.29, 0.717) is 0 Å². The van der Waals surface area contributed by atoms with Crippen LogP contribution in [0.5, 0.6) is 0 Å². The van der Waals surface area contributed by atoms with E-state index in [1.807, 2.05) is 0 Å². The molecule has 2 nitrogen and oxygen atoms in total. The molecule has 0 aliphatic carbocycles. The van der Waals surface area contributed by atoms with E-state index in [-0.39, 0.29) is 6.42 Å². The molecule has 1 saturated heterocycles. The molecule has 1 fully saturated rings. The van der Waals surface area contributed by atoms with Crippen molar-refractivity contribution in [1.29, 1.82) is 0 Å². The molecule has 0 amide bonds. The zero-order valence-corrected chi connectivity index (χ0v) is 5.81. The Bertz CT molecular complexity index is 175. The van der Waals surface area contributed by atoms with Gasteiger partial charge in [-0.25, -0.2) is 0 Å². The molecule has 2 unspecified atom stereocenters. The number of halogens is 3. The van der Waals surface area contributed by atoms with Crippen LogP contribution in [0.2, 0.25) is 0 Å². The van der Waals surface area contributed by atoms with Gasteiger partial charge in [-0.05, 0) is 0 Å². The molecule has 1 aliphatic rings. The summed E-state index contributed by atoms with van der Waals surface area (Å²) in [5.74, 6) is -1.51. The van der Waals surface area contributed by atoms with Crippen molar-refractivity contribution in [2.24, 2.45) is 5.92 Å². The van der Waals surface area contributed by atoms with Crippen LogP contribution in [0.1, 0.15) is 13.3 Å². The average Bonchev–Trinajstić information content (AvgIpc) is 2.08. The van der Waals surface area contributed by atoms with Gasteiger partial charge in [0.1, 0.15) is 0 Å². The lowest BCUT2D eigenvalue weighted by Crippen LogP contribution is -2.32. The molecule has 0 spiro atoms. The molecule has 1 rings (SSSR count). The number of carbonyl (C=O) groups excluding carboxylic acids is 1. The fourth-order valence-electron chi connectivity index (χ4n) is 1.07. The van der Waals surface area contributed by atoms with Crippen LogP contribution in [-0.2, 0) is 9.53 Å². The van der Waals surface area contributed by atoms with Gasteiger partial charge in [-0.2, -0.15) is 13.2 Å². The largest absolute Gasteiger partial charge is 0.452 e. The SMILES string of the molecule is CC1CC(=O)OC1C(F)(F)F. The number of hydrogen-bond donors (Lipinski definition) is 0. The number of rotatable bonds is 0. The standard InChI is InChI=1S/C6H7F3O2/c1-3-2-4(10)11-5(3)6(7,8)9/h3,5H,2H2,1H3. The molecule has 0 aromatic heterocycles. The first kappa shape index (κ1) is 8.36. The fraction of sp³-hybridized carbons (Fsp3) is 0.833. The maximum Gasteiger partial charge on any atom is 0.425 e. The van der Waals surface area contributed by atoms with Gasteiger partial charge in [-0.15, -0.1) is 0 Å². The third-order valence-electron chi connectivity index (χ3n) is 1.59. The van der Waals surface area contributed by atoms with Gasteiger partial charge in [-0.3, -0.25) is 4.79 Å². The summed E-state index contributed by atoms with van der Waals surface area (Å²) >= 11 is 0. The van der Waals surface area contributed by atoms with Crippen molar-refractivity contribution in [2.45, 2.75) is 25.6 Å². The normalized spacial score (nSPS) is 32.2. The Morgan fingerprint density at radius 1 is 1.55 bits per heavy atom. The highest BCUT2D eigenvalue weighted by atomic mass is 19.4. The van der Waals surface area contributed by atoms with Crippen molar-refractivity contribution >= 4 is 5.97 Å². The summed E-state index contributed by atoms with van der Waals surface area (Å²) in [5, 5.41) is 0. The lowest BCUT2D eigenvalue weighted by molar-refractivity contribution is -0.216. The van der Waals surface area contributed by atoms with Gasteiger partial charge >= 0.3 is 12.1 Å². The molecule has 0 bridgehead atoms. The van der Waals surface area contributed by atoms with Crippen LogP contribution in [-0.4, -0.2) is 18.2 Å². The smallest absolute Gasteiger partial charge is 0.425 e. The molecule has 64 valence electrons. The summed E-state index contributed by atoms with van der Waals surface area (Å²) in [6.07, 6.45) is -6.44. The fourth-order valence-corrected chi connectivity index (χ4v) is 1.07. The van der Waals surface area contributed by atoms with Crippen LogP contribution in [0, 0.1) is 5.92 Å². The van der Waals surface area contributed by atoms with Gasteiger partial charge in [0.05, 0.1) is 6.42 Å². The Labute approximate surface area is 61.3 Å². The lowest BCUT2D eigenvalue weighted by atomic mass is 10.0. The van der Waals surface area contributed by atoms with Crippen LogP contribution in [0.25, 0.3) is 0 Å². The third-order valence-corrected chi connectivity index (χ3v) is 1.59. The molecule has 1 aliphatic heterocycles. The molecule has 11 heavy (non-hydrogen) atoms. The molecular formula is C6H7F3O2. The monoisotopic (exact) mass is 168 g/mol. The molecule has 0 aromatic rings. The Morgan fingerprint density at radius 3 is 2.27 bits per heavy atom. The minimum absolute atomic E-state index is 0.135. The summed E-state index contributed by atoms with van der Waals surface area (Å²) in [5.41, 5.74) is 0. The zero-order chi connectivity index (χ0) is 8.65. The van der Waals surface area contributed by atoms with Crippen molar-refractivity contribution in [3.8, 4) is 0 Å². The number of hydrogen-bond acceptors (Lipinski definition) is 2. The lowest BCUT2D eigenvalue weighted by Gasteiger charge is -2.16. The highest BCUT2D eigenvalue weighted by molar-refractivity contribution is 5.72. The van der Waals surface area contributed by atoms with Crippen LogP contribution in [0.4, 0.5) is 13.2 Å². The van der Waals surface area contributed by atoms with Crippen molar-refractivity contribution in [3.05, 3.63) is 0 Å². The molecular weight excluding hydrogens is 161 g/mol. The summed E-state index contributed by atoms with van der Waals surface area (Å²) in [4.78, 5) is 10.4. The number of carbonyl (C=O) groups is 1. The summed E-state index contributed by atoms with van der Waals surface area (Å²) < 4.78 is 39.8. The van der Waals surface area contributed by atoms with E-state index in [1.165, 1.54) is 6.92 Å². The molecule has 0 aromatic carbocycles. The maximum atomic E-state index is 11.9. The quantitative estimate of drug-likeness (QED) is 0.512. The van der Waals surface area contributed by atoms with Gasteiger partial charge in [0.2, 0.25) is 0 Å². The van der Waals surface area contributed by atoms with E-state index in [4.69, 9.17) is 0 Å². The van der Waals surface area contributed by atoms with Crippen LogP contribution in [0.15, 0.2) is 0 Å². The van der Waals surface area contributed by atoms with E-state index in [0.717, 1.165) is 0 Å². The number of esters is 1. The highest BCUT2D eigenvalue weighted by Crippen LogP contribution is 2.34. The Hall–Kier alpha value is -0.740. The molecule has 2 atom stereocenters. The van der Waals surface area contributed by atoms with Crippen LogP contribution < -0.4 is 0 Å². The predicted molar refractivity (Wildman–Crippen MR) is 29.7 cm³/mol. The van der Waals surface area contributed by atoms with Gasteiger partial charge in [0.15, 0.2) is 6.10 Å². The predicted octanol–water partition coefficient (Wildman–Crippen LogP) is 1.50. The summed E-state index contributed by atoms with van der Waals surface area (Å²) in [7, 11) is 0. The van der Waals surface area contributed by atoms with Gasteiger partial charge in [0.25, 0.3) is 0 Å². The zero-order valence-electron chi connectivity index (χ0n) is 5.81. The number of ether oxygens (including phenoxy) is 1.